The highest BCUT2D eigenvalue weighted by atomic mass is 35.5. The molecule has 1 fully saturated rings. The van der Waals surface area contributed by atoms with Crippen LogP contribution < -0.4 is 20.4 Å². The third kappa shape index (κ3) is 5.89. The van der Waals surface area contributed by atoms with Crippen molar-refractivity contribution in [3.05, 3.63) is 68.7 Å². The Bertz CT molecular complexity index is 1300. The molecule has 3 aromatic rings. The van der Waals surface area contributed by atoms with Crippen LogP contribution in [0.3, 0.4) is 0 Å². The normalized spacial score (nSPS) is 15.9. The Morgan fingerprint density at radius 3 is 2.43 bits per heavy atom. The van der Waals surface area contributed by atoms with Gasteiger partial charge in [-0.3, -0.25) is 4.79 Å². The Balaban J connectivity index is 1.28. The highest BCUT2D eigenvalue weighted by Gasteiger charge is 2.24. The van der Waals surface area contributed by atoms with Gasteiger partial charge in [0.1, 0.15) is 0 Å². The van der Waals surface area contributed by atoms with E-state index in [1.807, 2.05) is 25.2 Å². The van der Waals surface area contributed by atoms with E-state index in [1.165, 1.54) is 0 Å². The summed E-state index contributed by atoms with van der Waals surface area (Å²) < 4.78 is 0. The number of halogens is 2. The van der Waals surface area contributed by atoms with Gasteiger partial charge >= 0.3 is 0 Å². The molecule has 194 valence electrons. The molecule has 0 radical (unpaired) electrons. The predicted molar refractivity (Wildman–Crippen MR) is 148 cm³/mol. The van der Waals surface area contributed by atoms with Gasteiger partial charge in [-0.1, -0.05) is 29.3 Å². The van der Waals surface area contributed by atoms with Crippen molar-refractivity contribution in [1.29, 1.82) is 0 Å². The molecule has 0 unspecified atom stereocenters. The number of nitrogens with zero attached hydrogens (tertiary/aromatic N) is 6. The number of fused-ring (bicyclic) bond motifs is 1. The molecule has 2 aliphatic heterocycles. The van der Waals surface area contributed by atoms with E-state index in [0.717, 1.165) is 55.8 Å². The minimum atomic E-state index is -0.144. The van der Waals surface area contributed by atoms with Crippen LogP contribution in [-0.4, -0.2) is 72.6 Å². The largest absolute Gasteiger partial charge is 0.357 e. The van der Waals surface area contributed by atoms with Crippen molar-refractivity contribution in [1.82, 2.24) is 25.2 Å². The number of hydrogen-bond acceptors (Lipinski definition) is 8. The van der Waals surface area contributed by atoms with Gasteiger partial charge in [0.2, 0.25) is 17.8 Å². The fraction of sp³-hybridized carbons (Fsp3) is 0.385. The van der Waals surface area contributed by atoms with Crippen LogP contribution in [0.25, 0.3) is 0 Å². The van der Waals surface area contributed by atoms with Crippen LogP contribution in [0, 0.1) is 0 Å². The zero-order valence-corrected chi connectivity index (χ0v) is 22.5. The van der Waals surface area contributed by atoms with Gasteiger partial charge in [-0.05, 0) is 60.5 Å². The number of hydrogen-bond donors (Lipinski definition) is 2. The Morgan fingerprint density at radius 2 is 1.68 bits per heavy atom. The second-order valence-electron chi connectivity index (χ2n) is 9.37. The van der Waals surface area contributed by atoms with Gasteiger partial charge < -0.3 is 25.3 Å². The van der Waals surface area contributed by atoms with Crippen molar-refractivity contribution in [2.75, 3.05) is 61.9 Å². The molecule has 5 rings (SSSR count). The predicted octanol–water partition coefficient (Wildman–Crippen LogP) is 3.46. The molecule has 2 N–H and O–H groups in total. The fourth-order valence-corrected chi connectivity index (χ4v) is 4.96. The molecule has 2 aromatic carbocycles. The smallest absolute Gasteiger partial charge is 0.251 e. The molecular formula is C26H30Cl2N8O. The number of rotatable bonds is 6. The van der Waals surface area contributed by atoms with E-state index in [0.29, 0.717) is 46.5 Å². The SMILES string of the molecule is CNc1nc(N2CCN(C)CC2)nc(N2CCc3cc(C(=O)NCc4cc(Cl)ccc4Cl)ccc3C2)n1. The van der Waals surface area contributed by atoms with Crippen LogP contribution in [0.5, 0.6) is 0 Å². The summed E-state index contributed by atoms with van der Waals surface area (Å²) in [6.07, 6.45) is 0.793. The Morgan fingerprint density at radius 1 is 0.919 bits per heavy atom. The summed E-state index contributed by atoms with van der Waals surface area (Å²) in [5, 5.41) is 7.18. The van der Waals surface area contributed by atoms with Crippen LogP contribution in [0.1, 0.15) is 27.0 Å². The first-order valence-corrected chi connectivity index (χ1v) is 13.1. The van der Waals surface area contributed by atoms with Crippen molar-refractivity contribution in [3.63, 3.8) is 0 Å². The molecule has 1 aromatic heterocycles. The minimum absolute atomic E-state index is 0.144. The van der Waals surface area contributed by atoms with Crippen LogP contribution in [0.2, 0.25) is 10.0 Å². The standard InChI is InChI=1S/C26H30Cl2N8O/c1-29-24-31-25(35-11-9-34(2)10-12-35)33-26(32-24)36-8-7-17-13-18(3-4-19(17)16-36)23(37)30-15-20-14-21(27)5-6-22(20)28/h3-6,13-14H,7-12,15-16H2,1-2H3,(H,30,37)(H,29,31,32,33). The molecule has 2 aliphatic rings. The van der Waals surface area contributed by atoms with Crippen LogP contribution >= 0.6 is 23.2 Å². The Hall–Kier alpha value is -3.14. The minimum Gasteiger partial charge on any atom is -0.357 e. The van der Waals surface area contributed by atoms with Crippen molar-refractivity contribution in [3.8, 4) is 0 Å². The maximum Gasteiger partial charge on any atom is 0.251 e. The molecule has 0 spiro atoms. The number of anilines is 3. The quantitative estimate of drug-likeness (QED) is 0.491. The fourth-order valence-electron chi connectivity index (χ4n) is 4.58. The first-order valence-electron chi connectivity index (χ1n) is 12.4. The van der Waals surface area contributed by atoms with Crippen LogP contribution in [0.4, 0.5) is 17.8 Å². The topological polar surface area (TPSA) is 89.5 Å². The van der Waals surface area contributed by atoms with Gasteiger partial charge in [0.25, 0.3) is 5.91 Å². The van der Waals surface area contributed by atoms with Crippen LogP contribution in [-0.2, 0) is 19.5 Å². The van der Waals surface area contributed by atoms with Gasteiger partial charge in [-0.25, -0.2) is 0 Å². The van der Waals surface area contributed by atoms with Crippen molar-refractivity contribution < 1.29 is 4.79 Å². The van der Waals surface area contributed by atoms with Crippen molar-refractivity contribution >= 4 is 47.0 Å². The first kappa shape index (κ1) is 25.5. The first-order chi connectivity index (χ1) is 17.9. The summed E-state index contributed by atoms with van der Waals surface area (Å²) in [5.74, 6) is 1.80. The maximum atomic E-state index is 12.8. The van der Waals surface area contributed by atoms with Gasteiger partial charge in [0.05, 0.1) is 0 Å². The summed E-state index contributed by atoms with van der Waals surface area (Å²) in [4.78, 5) is 33.6. The average molecular weight is 541 g/mol. The number of carbonyl (C=O) groups is 1. The summed E-state index contributed by atoms with van der Waals surface area (Å²) in [5.41, 5.74) is 3.73. The summed E-state index contributed by atoms with van der Waals surface area (Å²) >= 11 is 12.3. The zero-order chi connectivity index (χ0) is 25.9. The van der Waals surface area contributed by atoms with E-state index in [2.05, 4.69) is 42.3 Å². The van der Waals surface area contributed by atoms with E-state index < -0.39 is 0 Å². The van der Waals surface area contributed by atoms with Gasteiger partial charge in [0, 0.05) is 68.5 Å². The zero-order valence-electron chi connectivity index (χ0n) is 21.0. The summed E-state index contributed by atoms with van der Waals surface area (Å²) in [6, 6.07) is 11.1. The van der Waals surface area contributed by atoms with E-state index >= 15 is 0 Å². The molecule has 1 amide bonds. The highest BCUT2D eigenvalue weighted by Crippen LogP contribution is 2.26. The van der Waals surface area contributed by atoms with E-state index in [1.54, 1.807) is 18.2 Å². The molecule has 0 saturated carbocycles. The van der Waals surface area contributed by atoms with Gasteiger partial charge in [0.15, 0.2) is 0 Å². The highest BCUT2D eigenvalue weighted by molar-refractivity contribution is 6.33. The molecule has 0 atom stereocenters. The van der Waals surface area contributed by atoms with Gasteiger partial charge in [-0.2, -0.15) is 15.0 Å². The third-order valence-corrected chi connectivity index (χ3v) is 7.44. The number of carbonyl (C=O) groups excluding carboxylic acids is 1. The van der Waals surface area contributed by atoms with Crippen LogP contribution in [0.15, 0.2) is 36.4 Å². The van der Waals surface area contributed by atoms with Gasteiger partial charge in [-0.15, -0.1) is 0 Å². The molecule has 0 bridgehead atoms. The lowest BCUT2D eigenvalue weighted by atomic mass is 9.97. The van der Waals surface area contributed by atoms with E-state index in [-0.39, 0.29) is 5.91 Å². The number of piperazine rings is 1. The number of amides is 1. The third-order valence-electron chi connectivity index (χ3n) is 6.83. The number of benzene rings is 2. The maximum absolute atomic E-state index is 12.8. The average Bonchev–Trinajstić information content (AvgIpc) is 2.92. The number of aromatic nitrogens is 3. The lowest BCUT2D eigenvalue weighted by Crippen LogP contribution is -2.45. The number of likely N-dealkylation sites (N-methyl/N-ethyl adjacent to an activating group) is 1. The second-order valence-corrected chi connectivity index (χ2v) is 10.2. The molecule has 9 nitrogen and oxygen atoms in total. The molecule has 3 heterocycles. The second kappa shape index (κ2) is 11.1. The Labute approximate surface area is 226 Å². The summed E-state index contributed by atoms with van der Waals surface area (Å²) in [7, 11) is 3.95. The molecule has 11 heteroatoms. The summed E-state index contributed by atoms with van der Waals surface area (Å²) in [6.45, 7) is 5.48. The van der Waals surface area contributed by atoms with Crippen molar-refractivity contribution in [2.45, 2.75) is 19.5 Å². The lowest BCUT2D eigenvalue weighted by molar-refractivity contribution is 0.0951. The molecular weight excluding hydrogens is 511 g/mol. The molecule has 37 heavy (non-hydrogen) atoms. The van der Waals surface area contributed by atoms with E-state index in [9.17, 15) is 4.79 Å². The Kier molecular flexibility index (Phi) is 7.64. The van der Waals surface area contributed by atoms with E-state index in [4.69, 9.17) is 28.2 Å². The molecule has 1 saturated heterocycles. The monoisotopic (exact) mass is 540 g/mol. The van der Waals surface area contributed by atoms with Crippen molar-refractivity contribution in [2.24, 2.45) is 0 Å². The number of nitrogens with one attached hydrogen (secondary N) is 2. The molecule has 0 aliphatic carbocycles. The lowest BCUT2D eigenvalue weighted by Gasteiger charge is -2.33.